The number of rotatable bonds is 6. The number of aromatic nitrogens is 1. The van der Waals surface area contributed by atoms with E-state index in [0.29, 0.717) is 30.4 Å². The number of hydrogen-bond acceptors (Lipinski definition) is 7. The Balaban J connectivity index is 1.04. The Morgan fingerprint density at radius 2 is 2.00 bits per heavy atom. The van der Waals surface area contributed by atoms with Crippen molar-refractivity contribution < 1.29 is 19.1 Å². The van der Waals surface area contributed by atoms with E-state index >= 15 is 0 Å². The van der Waals surface area contributed by atoms with Gasteiger partial charge in [0, 0.05) is 57.4 Å². The summed E-state index contributed by atoms with van der Waals surface area (Å²) >= 11 is 0. The molecule has 2 aliphatic heterocycles. The molecule has 2 atom stereocenters. The van der Waals surface area contributed by atoms with Gasteiger partial charge in [-0.3, -0.25) is 24.4 Å². The van der Waals surface area contributed by atoms with Crippen molar-refractivity contribution in [2.45, 2.75) is 32.4 Å². The first kappa shape index (κ1) is 22.3. The highest BCUT2D eigenvalue weighted by Gasteiger charge is 2.54. The van der Waals surface area contributed by atoms with Gasteiger partial charge in [0.25, 0.3) is 5.91 Å². The minimum atomic E-state index is -0.423. The van der Waals surface area contributed by atoms with Crippen molar-refractivity contribution >= 4 is 22.8 Å². The summed E-state index contributed by atoms with van der Waals surface area (Å²) in [6.07, 6.45) is 6.00. The third-order valence-electron chi connectivity index (χ3n) is 7.82. The van der Waals surface area contributed by atoms with E-state index in [2.05, 4.69) is 15.2 Å². The van der Waals surface area contributed by atoms with Gasteiger partial charge in [-0.05, 0) is 49.7 Å². The molecule has 2 amide bonds. The average Bonchev–Trinajstić information content (AvgIpc) is 3.29. The summed E-state index contributed by atoms with van der Waals surface area (Å²) in [5, 5.41) is 13.6. The summed E-state index contributed by atoms with van der Waals surface area (Å²) in [7, 11) is 0. The van der Waals surface area contributed by atoms with E-state index in [4.69, 9.17) is 4.42 Å². The molecule has 4 heterocycles. The smallest absolute Gasteiger partial charge is 0.287 e. The second-order valence-electron chi connectivity index (χ2n) is 9.82. The highest BCUT2D eigenvalue weighted by molar-refractivity contribution is 5.95. The molecule has 2 aromatic rings. The fourth-order valence-corrected chi connectivity index (χ4v) is 5.42. The van der Waals surface area contributed by atoms with Crippen molar-refractivity contribution in [3.63, 3.8) is 0 Å². The fourth-order valence-electron chi connectivity index (χ4n) is 5.42. The number of carbonyl (C=O) groups is 2. The molecule has 1 aliphatic carbocycles. The Bertz CT molecular complexity index is 972. The highest BCUT2D eigenvalue weighted by Crippen LogP contribution is 2.59. The number of piperidine rings is 1. The molecule has 1 spiro atoms. The molecule has 178 valence electrons. The van der Waals surface area contributed by atoms with Gasteiger partial charge in [-0.15, -0.1) is 0 Å². The van der Waals surface area contributed by atoms with Crippen LogP contribution in [-0.2, 0) is 4.79 Å². The SMILES string of the molecule is CC(O)N1CCN(CC(=O)N2CCC3(CC2)CC3CNC(=O)c2cc3ccncc3o2)CC1. The summed E-state index contributed by atoms with van der Waals surface area (Å²) in [6, 6.07) is 3.58. The molecule has 33 heavy (non-hydrogen) atoms. The maximum atomic E-state index is 12.8. The van der Waals surface area contributed by atoms with E-state index in [-0.39, 0.29) is 17.2 Å². The Labute approximate surface area is 193 Å². The van der Waals surface area contributed by atoms with Crippen LogP contribution in [0.4, 0.5) is 0 Å². The van der Waals surface area contributed by atoms with Crippen LogP contribution in [0.25, 0.3) is 11.0 Å². The Kier molecular flexibility index (Phi) is 6.11. The van der Waals surface area contributed by atoms with E-state index in [0.717, 1.165) is 63.9 Å². The van der Waals surface area contributed by atoms with Gasteiger partial charge in [0.1, 0.15) is 6.23 Å². The van der Waals surface area contributed by atoms with Crippen molar-refractivity contribution in [3.05, 3.63) is 30.3 Å². The lowest BCUT2D eigenvalue weighted by Gasteiger charge is -2.38. The van der Waals surface area contributed by atoms with Crippen molar-refractivity contribution in [1.29, 1.82) is 0 Å². The zero-order chi connectivity index (χ0) is 23.0. The van der Waals surface area contributed by atoms with Gasteiger partial charge in [0.05, 0.1) is 12.7 Å². The van der Waals surface area contributed by atoms with Crippen LogP contribution in [0.15, 0.2) is 28.9 Å². The number of hydrogen-bond donors (Lipinski definition) is 2. The molecular weight excluding hydrogens is 422 g/mol. The Hall–Kier alpha value is -2.49. The maximum Gasteiger partial charge on any atom is 0.287 e. The van der Waals surface area contributed by atoms with Crippen molar-refractivity contribution in [3.8, 4) is 0 Å². The number of aliphatic hydroxyl groups is 1. The fraction of sp³-hybridized carbons (Fsp3) is 0.625. The molecule has 0 radical (unpaired) electrons. The van der Waals surface area contributed by atoms with E-state index < -0.39 is 6.23 Å². The maximum absolute atomic E-state index is 12.8. The summed E-state index contributed by atoms with van der Waals surface area (Å²) < 4.78 is 5.60. The van der Waals surface area contributed by atoms with Gasteiger partial charge in [0.2, 0.25) is 5.91 Å². The van der Waals surface area contributed by atoms with Crippen molar-refractivity contribution in [2.24, 2.45) is 11.3 Å². The molecule has 2 saturated heterocycles. The minimum absolute atomic E-state index is 0.184. The summed E-state index contributed by atoms with van der Waals surface area (Å²) in [5.74, 6) is 0.817. The summed E-state index contributed by atoms with van der Waals surface area (Å²) in [4.78, 5) is 35.5. The predicted molar refractivity (Wildman–Crippen MR) is 122 cm³/mol. The van der Waals surface area contributed by atoms with Crippen LogP contribution in [-0.4, -0.2) is 95.2 Å². The first-order valence-electron chi connectivity index (χ1n) is 12.0. The van der Waals surface area contributed by atoms with Crippen LogP contribution in [0.5, 0.6) is 0 Å². The Morgan fingerprint density at radius 3 is 2.70 bits per heavy atom. The topological polar surface area (TPSA) is 102 Å². The normalized spacial score (nSPS) is 24.2. The number of carbonyl (C=O) groups excluding carboxylic acids is 2. The first-order valence-corrected chi connectivity index (χ1v) is 12.0. The predicted octanol–water partition coefficient (Wildman–Crippen LogP) is 1.14. The number of fused-ring (bicyclic) bond motifs is 1. The lowest BCUT2D eigenvalue weighted by molar-refractivity contribution is -0.134. The van der Waals surface area contributed by atoms with Crippen LogP contribution in [0.2, 0.25) is 0 Å². The molecular formula is C24H33N5O4. The third-order valence-corrected chi connectivity index (χ3v) is 7.82. The largest absolute Gasteiger partial charge is 0.449 e. The van der Waals surface area contributed by atoms with E-state index in [9.17, 15) is 14.7 Å². The molecule has 2 N–H and O–H groups in total. The highest BCUT2D eigenvalue weighted by atomic mass is 16.3. The standard InChI is InChI=1S/C24H33N5O4/c1-17(30)28-10-8-27(9-11-28)16-22(31)29-6-3-24(4-7-29)13-19(24)14-26-23(32)20-12-18-2-5-25-15-21(18)33-20/h2,5,12,15,17,19,30H,3-4,6-11,13-14,16H2,1H3,(H,26,32). The van der Waals surface area contributed by atoms with Crippen molar-refractivity contribution in [2.75, 3.05) is 52.4 Å². The number of piperazine rings is 1. The minimum Gasteiger partial charge on any atom is -0.449 e. The number of likely N-dealkylation sites (tertiary alicyclic amines) is 1. The number of aliphatic hydroxyl groups excluding tert-OH is 1. The van der Waals surface area contributed by atoms with Gasteiger partial charge < -0.3 is 19.7 Å². The number of nitrogens with zero attached hydrogens (tertiary/aromatic N) is 4. The third kappa shape index (κ3) is 4.76. The van der Waals surface area contributed by atoms with E-state index in [1.807, 2.05) is 15.9 Å². The number of amides is 2. The first-order chi connectivity index (χ1) is 15.9. The molecule has 1 saturated carbocycles. The van der Waals surface area contributed by atoms with Gasteiger partial charge in [0.15, 0.2) is 11.3 Å². The van der Waals surface area contributed by atoms with Crippen LogP contribution in [0.3, 0.4) is 0 Å². The molecule has 3 aliphatic rings. The quantitative estimate of drug-likeness (QED) is 0.674. The van der Waals surface area contributed by atoms with Crippen LogP contribution >= 0.6 is 0 Å². The molecule has 2 unspecified atom stereocenters. The molecule has 2 aromatic heterocycles. The van der Waals surface area contributed by atoms with Crippen LogP contribution in [0.1, 0.15) is 36.7 Å². The average molecular weight is 456 g/mol. The molecule has 5 rings (SSSR count). The van der Waals surface area contributed by atoms with Crippen LogP contribution in [0, 0.1) is 11.3 Å². The molecule has 0 aromatic carbocycles. The van der Waals surface area contributed by atoms with Gasteiger partial charge in [-0.1, -0.05) is 0 Å². The van der Waals surface area contributed by atoms with Gasteiger partial charge in [-0.25, -0.2) is 0 Å². The number of pyridine rings is 1. The van der Waals surface area contributed by atoms with Crippen molar-refractivity contribution in [1.82, 2.24) is 25.0 Å². The second kappa shape index (κ2) is 9.04. The molecule has 9 heteroatoms. The molecule has 9 nitrogen and oxygen atoms in total. The van der Waals surface area contributed by atoms with E-state index in [1.165, 1.54) is 0 Å². The molecule has 3 fully saturated rings. The van der Waals surface area contributed by atoms with Crippen LogP contribution < -0.4 is 5.32 Å². The molecule has 0 bridgehead atoms. The number of furan rings is 1. The summed E-state index contributed by atoms with van der Waals surface area (Å²) in [5.41, 5.74) is 0.887. The summed E-state index contributed by atoms with van der Waals surface area (Å²) in [6.45, 7) is 7.73. The monoisotopic (exact) mass is 455 g/mol. The lowest BCUT2D eigenvalue weighted by Crippen LogP contribution is -2.52. The lowest BCUT2D eigenvalue weighted by atomic mass is 9.90. The van der Waals surface area contributed by atoms with Gasteiger partial charge in [-0.2, -0.15) is 0 Å². The number of nitrogens with one attached hydrogen (secondary N) is 1. The second-order valence-corrected chi connectivity index (χ2v) is 9.82. The zero-order valence-electron chi connectivity index (χ0n) is 19.2. The van der Waals surface area contributed by atoms with Gasteiger partial charge >= 0.3 is 0 Å². The Morgan fingerprint density at radius 1 is 1.24 bits per heavy atom. The van der Waals surface area contributed by atoms with E-state index in [1.54, 1.807) is 25.4 Å². The zero-order valence-corrected chi connectivity index (χ0v) is 19.2.